The first-order valence-electron chi connectivity index (χ1n) is 32.3. The van der Waals surface area contributed by atoms with Crippen LogP contribution in [0.4, 0.5) is 11.6 Å². The first kappa shape index (κ1) is 64.7. The zero-order valence-electron chi connectivity index (χ0n) is 52.3. The summed E-state index contributed by atoms with van der Waals surface area (Å²) < 4.78 is 65.4. The molecule has 91 heavy (non-hydrogen) atoms. The van der Waals surface area contributed by atoms with Gasteiger partial charge in [0.1, 0.15) is 21.9 Å². The van der Waals surface area contributed by atoms with E-state index in [9.17, 15) is 26.4 Å². The maximum absolute atomic E-state index is 13.0. The summed E-state index contributed by atoms with van der Waals surface area (Å²) in [5.41, 5.74) is 3.57. The molecule has 6 aromatic heterocycles. The number of amides is 1. The van der Waals surface area contributed by atoms with Crippen molar-refractivity contribution >= 4 is 66.8 Å². The van der Waals surface area contributed by atoms with Crippen LogP contribution >= 0.6 is 23.2 Å². The molecule has 6 N–H and O–H groups in total. The summed E-state index contributed by atoms with van der Waals surface area (Å²) >= 11 is 12.2. The van der Waals surface area contributed by atoms with E-state index in [0.717, 1.165) is 62.3 Å². The number of ether oxygens (including phenoxy) is 2. The number of carboxylic acid groups (broad SMARTS) is 1. The van der Waals surface area contributed by atoms with Gasteiger partial charge in [-0.25, -0.2) is 52.4 Å². The Labute approximate surface area is 543 Å². The molecule has 21 nitrogen and oxygen atoms in total. The lowest BCUT2D eigenvalue weighted by atomic mass is 9.89. The molecule has 0 bridgehead atoms. The Balaban J connectivity index is 0.000000146. The predicted octanol–water partition coefficient (Wildman–Crippen LogP) is 12.7. The standard InChI is InChI=1S/C33H41ClN6O4S.C18H18ClN3O3.C15H25N3O2S/c1-31(2)13-10-22(21-31)5-4-18-35-25-6-3-7-28(36-25)45(42,43)39-30(41)23-8-9-26(37-29(23)34)40-19-11-27(38-40)44-20-12-24-32(14-15-32)33(24)16-17-33;19-15-11(16(23)24)1-2-13(20-15)22-9-3-14(21-22)25-10-4-12-17(5-6-17)18(12)7-8-18;1-15(2)9-8-12(11-15)5-4-10-17-13-6-3-7-14(18-13)21(16,19)20/h3,6-9,11,19,22,24H,4-5,10,12-18,20-21H2,1-2H3,(H,35,36)(H,39,41);1-3,9,12H,4-8,10H2,(H,23,24);3,6-7,12H,4-5,8-11H2,1-2H3,(H,17,18)(H2,16,19,20)/t22-;;12-/m1.1/s1. The first-order chi connectivity index (χ1) is 43.3. The molecule has 0 aromatic carbocycles. The molecule has 25 heteroatoms. The van der Waals surface area contributed by atoms with Gasteiger partial charge in [0.25, 0.3) is 26.0 Å². The smallest absolute Gasteiger partial charge is 0.338 e. The predicted molar refractivity (Wildman–Crippen MR) is 346 cm³/mol. The van der Waals surface area contributed by atoms with Crippen LogP contribution in [0.5, 0.6) is 11.8 Å². The van der Waals surface area contributed by atoms with Gasteiger partial charge >= 0.3 is 5.97 Å². The number of nitrogens with two attached hydrogens (primary N) is 1. The van der Waals surface area contributed by atoms with Crippen molar-refractivity contribution in [1.82, 2.24) is 44.2 Å². The van der Waals surface area contributed by atoms with Crippen molar-refractivity contribution in [3.8, 4) is 23.4 Å². The van der Waals surface area contributed by atoms with Crippen LogP contribution in [0.2, 0.25) is 10.3 Å². The fourth-order valence-electron chi connectivity index (χ4n) is 16.2. The number of carboxylic acids is 1. The van der Waals surface area contributed by atoms with Gasteiger partial charge in [-0.15, -0.1) is 10.2 Å². The maximum atomic E-state index is 13.0. The van der Waals surface area contributed by atoms with Crippen molar-refractivity contribution in [2.45, 2.75) is 166 Å². The molecular weight excluding hydrogens is 1240 g/mol. The van der Waals surface area contributed by atoms with Gasteiger partial charge in [-0.1, -0.05) is 63.0 Å². The molecule has 8 fully saturated rings. The zero-order valence-corrected chi connectivity index (χ0v) is 55.4. The Hall–Kier alpha value is -6.40. The van der Waals surface area contributed by atoms with Crippen LogP contribution in [-0.2, 0) is 20.0 Å². The zero-order chi connectivity index (χ0) is 64.2. The van der Waals surface area contributed by atoms with E-state index in [2.05, 4.69) is 73.2 Å². The molecule has 0 radical (unpaired) electrons. The summed E-state index contributed by atoms with van der Waals surface area (Å²) in [5, 5.41) is 28.7. The van der Waals surface area contributed by atoms with E-state index < -0.39 is 31.9 Å². The molecule has 0 unspecified atom stereocenters. The number of primary sulfonamides is 1. The number of anilines is 2. The van der Waals surface area contributed by atoms with Crippen LogP contribution < -0.4 is 30.0 Å². The Morgan fingerprint density at radius 3 is 1.41 bits per heavy atom. The molecule has 2 atom stereocenters. The minimum atomic E-state index is -4.25. The van der Waals surface area contributed by atoms with E-state index in [-0.39, 0.29) is 31.5 Å². The number of sulfonamides is 2. The average molecular weight is 1320 g/mol. The molecule has 8 saturated carbocycles. The molecule has 1 amide bonds. The number of halogens is 2. The topological polar surface area (TPSA) is 290 Å². The molecule has 8 aliphatic carbocycles. The number of aromatic nitrogens is 8. The van der Waals surface area contributed by atoms with Crippen molar-refractivity contribution in [2.24, 2.45) is 61.3 Å². The minimum absolute atomic E-state index is 0.0264. The molecule has 6 heterocycles. The van der Waals surface area contributed by atoms with Crippen LogP contribution in [0.25, 0.3) is 11.6 Å². The van der Waals surface area contributed by atoms with Crippen molar-refractivity contribution in [3.63, 3.8) is 0 Å². The number of nitrogens with zero attached hydrogens (tertiary/aromatic N) is 8. The Morgan fingerprint density at radius 1 is 0.582 bits per heavy atom. The van der Waals surface area contributed by atoms with Crippen LogP contribution in [0.15, 0.2) is 95.2 Å². The lowest BCUT2D eigenvalue weighted by Gasteiger charge is -2.17. The number of carbonyl (C=O) groups is 2. The number of hydrogen-bond acceptors (Lipinski definition) is 16. The Bertz CT molecular complexity index is 3880. The van der Waals surface area contributed by atoms with Gasteiger partial charge in [0.15, 0.2) is 21.7 Å². The van der Waals surface area contributed by atoms with Crippen LogP contribution in [0, 0.1) is 56.2 Å². The fraction of sp³-hybridized carbons (Fsp3) is 0.576. The largest absolute Gasteiger partial charge is 0.478 e. The van der Waals surface area contributed by atoms with Gasteiger partial charge in [-0.05, 0) is 233 Å². The second-order valence-electron chi connectivity index (χ2n) is 28.4. The molecule has 0 aliphatic heterocycles. The van der Waals surface area contributed by atoms with Gasteiger partial charge in [0.2, 0.25) is 11.8 Å². The second kappa shape index (κ2) is 25.1. The third-order valence-electron chi connectivity index (χ3n) is 21.3. The lowest BCUT2D eigenvalue weighted by Crippen LogP contribution is -2.31. The summed E-state index contributed by atoms with van der Waals surface area (Å²) in [6, 6.07) is 19.0. The average Bonchev–Trinajstić information content (AvgIpc) is 1.46. The summed E-state index contributed by atoms with van der Waals surface area (Å²) in [6.07, 6.45) is 29.0. The van der Waals surface area contributed by atoms with E-state index in [1.165, 1.54) is 130 Å². The monoisotopic (exact) mass is 1320 g/mol. The number of carbonyl (C=O) groups excluding carboxylic acids is 1. The second-order valence-corrected chi connectivity index (χ2v) is 32.3. The number of rotatable bonds is 25. The quantitative estimate of drug-likeness (QED) is 0.0263. The molecule has 6 aromatic rings. The Morgan fingerprint density at radius 2 is 1.01 bits per heavy atom. The van der Waals surface area contributed by atoms with Crippen molar-refractivity contribution in [3.05, 3.63) is 107 Å². The van der Waals surface area contributed by atoms with E-state index in [1.54, 1.807) is 60.9 Å². The maximum Gasteiger partial charge on any atom is 0.338 e. The summed E-state index contributed by atoms with van der Waals surface area (Å²) in [5.74, 6) is 4.14. The van der Waals surface area contributed by atoms with Gasteiger partial charge in [0, 0.05) is 37.6 Å². The minimum Gasteiger partial charge on any atom is -0.478 e. The van der Waals surface area contributed by atoms with Crippen molar-refractivity contribution < 1.29 is 41.0 Å². The number of fused-ring (bicyclic) bond motifs is 2. The van der Waals surface area contributed by atoms with Gasteiger partial charge in [-0.3, -0.25) is 4.79 Å². The van der Waals surface area contributed by atoms with Crippen molar-refractivity contribution in [1.29, 1.82) is 0 Å². The van der Waals surface area contributed by atoms with E-state index in [4.69, 9.17) is 42.9 Å². The van der Waals surface area contributed by atoms with Crippen molar-refractivity contribution in [2.75, 3.05) is 36.9 Å². The van der Waals surface area contributed by atoms with Gasteiger partial charge in [0.05, 0.1) is 24.3 Å². The highest BCUT2D eigenvalue weighted by Gasteiger charge is 2.86. The highest BCUT2D eigenvalue weighted by molar-refractivity contribution is 7.90. The highest BCUT2D eigenvalue weighted by Crippen LogP contribution is 2.94. The molecular formula is C66H84Cl2N12O9S2. The first-order valence-corrected chi connectivity index (χ1v) is 36.1. The third-order valence-corrected chi connectivity index (χ3v) is 23.9. The van der Waals surface area contributed by atoms with Gasteiger partial charge < -0.3 is 25.2 Å². The highest BCUT2D eigenvalue weighted by atomic mass is 35.5. The SMILES string of the molecule is CC1(C)CC[C@@H](CCCNc2cccc(S(=O)(=O)NC(=O)c3ccc(-n4ccc(OCCC5C6(CC6)C56CC6)n4)nc3Cl)n2)C1.CC1(C)CC[C@@H](CCCNc2cccc(S(N)(=O)=O)n2)C1.O=C(O)c1ccc(-n2ccc(OCCC3C4(CC4)C34CC4)n2)nc1Cl. The number of pyridine rings is 4. The van der Waals surface area contributed by atoms with E-state index in [1.807, 2.05) is 0 Å². The summed E-state index contributed by atoms with van der Waals surface area (Å²) in [4.78, 5) is 40.5. The third kappa shape index (κ3) is 14.4. The van der Waals surface area contributed by atoms with Crippen LogP contribution in [0.3, 0.4) is 0 Å². The molecule has 0 saturated heterocycles. The molecule has 8 aliphatic rings. The van der Waals surface area contributed by atoms with E-state index >= 15 is 0 Å². The molecule has 4 spiro atoms. The van der Waals surface area contributed by atoms with E-state index in [0.29, 0.717) is 87.3 Å². The Kier molecular flexibility index (Phi) is 17.9. The number of aromatic carboxylic acids is 1. The summed E-state index contributed by atoms with van der Waals surface area (Å²) in [6.45, 7) is 12.2. The van der Waals surface area contributed by atoms with Crippen LogP contribution in [-0.4, -0.2) is 99.6 Å². The molecule has 488 valence electrons. The summed E-state index contributed by atoms with van der Waals surface area (Å²) in [7, 11) is -7.98. The molecule has 14 rings (SSSR count). The van der Waals surface area contributed by atoms with Crippen LogP contribution in [0.1, 0.15) is 177 Å². The lowest BCUT2D eigenvalue weighted by molar-refractivity contribution is 0.0696. The fourth-order valence-corrected chi connectivity index (χ4v) is 18.1. The normalized spacial score (nSPS) is 21.7. The van der Waals surface area contributed by atoms with Gasteiger partial charge in [-0.2, -0.15) is 8.42 Å². The number of hydrogen-bond donors (Lipinski definition) is 5. The number of nitrogens with one attached hydrogen (secondary N) is 3.